The molecule has 1 aliphatic heterocycles. The van der Waals surface area contributed by atoms with E-state index < -0.39 is 17.8 Å². The van der Waals surface area contributed by atoms with E-state index in [1.54, 1.807) is 48.5 Å². The van der Waals surface area contributed by atoms with Crippen LogP contribution in [0.4, 0.5) is 11.4 Å². The van der Waals surface area contributed by atoms with Gasteiger partial charge in [-0.2, -0.15) is 0 Å². The van der Waals surface area contributed by atoms with Gasteiger partial charge >= 0.3 is 5.97 Å². The number of carbonyl (C=O) groups is 3. The summed E-state index contributed by atoms with van der Waals surface area (Å²) in [5, 5.41) is 3.22. The van der Waals surface area contributed by atoms with Crippen molar-refractivity contribution in [2.45, 2.75) is 13.8 Å². The van der Waals surface area contributed by atoms with Gasteiger partial charge in [-0.05, 0) is 85.6 Å². The summed E-state index contributed by atoms with van der Waals surface area (Å²) in [6.07, 6.45) is 0. The van der Waals surface area contributed by atoms with Crippen molar-refractivity contribution in [1.82, 2.24) is 0 Å². The summed E-state index contributed by atoms with van der Waals surface area (Å²) in [5.41, 5.74) is 3.05. The van der Waals surface area contributed by atoms with Crippen molar-refractivity contribution >= 4 is 52.4 Å². The second kappa shape index (κ2) is 9.10. The molecule has 8 heteroatoms. The van der Waals surface area contributed by atoms with Gasteiger partial charge in [-0.15, -0.1) is 0 Å². The highest BCUT2D eigenvalue weighted by Gasteiger charge is 2.39. The van der Waals surface area contributed by atoms with Crippen LogP contribution in [0.5, 0.6) is 5.75 Å². The molecule has 0 atom stereocenters. The van der Waals surface area contributed by atoms with E-state index in [2.05, 4.69) is 5.32 Å². The summed E-state index contributed by atoms with van der Waals surface area (Å²) in [4.78, 5) is 39.0. The number of hydrogen-bond acceptors (Lipinski definition) is 5. The topological polar surface area (TPSA) is 75.7 Å². The smallest absolute Gasteiger partial charge is 0.343 e. The molecule has 0 radical (unpaired) electrons. The minimum Gasteiger partial charge on any atom is -0.423 e. The Morgan fingerprint density at radius 3 is 2.06 bits per heavy atom. The van der Waals surface area contributed by atoms with Crippen LogP contribution in [-0.2, 0) is 9.59 Å². The van der Waals surface area contributed by atoms with E-state index in [0.29, 0.717) is 27.7 Å². The van der Waals surface area contributed by atoms with Gasteiger partial charge in [-0.25, -0.2) is 9.69 Å². The second-order valence-electron chi connectivity index (χ2n) is 7.53. The lowest BCUT2D eigenvalue weighted by atomic mass is 10.1. The number of carbonyl (C=O) groups excluding carboxylic acids is 3. The van der Waals surface area contributed by atoms with Gasteiger partial charge in [0.2, 0.25) is 0 Å². The van der Waals surface area contributed by atoms with Crippen LogP contribution in [0.15, 0.2) is 77.5 Å². The molecule has 6 nitrogen and oxygen atoms in total. The first-order chi connectivity index (χ1) is 15.7. The highest BCUT2D eigenvalue weighted by molar-refractivity contribution is 6.53. The zero-order chi connectivity index (χ0) is 23.7. The van der Waals surface area contributed by atoms with Crippen LogP contribution in [0.1, 0.15) is 21.5 Å². The van der Waals surface area contributed by atoms with Gasteiger partial charge in [0.1, 0.15) is 16.5 Å². The number of halogens is 2. The zero-order valence-corrected chi connectivity index (χ0v) is 19.2. The number of hydrogen-bond donors (Lipinski definition) is 1. The molecule has 0 saturated carbocycles. The van der Waals surface area contributed by atoms with Crippen LogP contribution >= 0.6 is 23.2 Å². The normalized spacial score (nSPS) is 13.5. The first-order valence-corrected chi connectivity index (χ1v) is 10.7. The van der Waals surface area contributed by atoms with Crippen molar-refractivity contribution in [2.24, 2.45) is 0 Å². The average molecular weight is 481 g/mol. The van der Waals surface area contributed by atoms with E-state index in [1.165, 1.54) is 12.1 Å². The van der Waals surface area contributed by atoms with Crippen molar-refractivity contribution in [3.8, 4) is 5.75 Å². The van der Waals surface area contributed by atoms with Crippen molar-refractivity contribution in [3.63, 3.8) is 0 Å². The van der Waals surface area contributed by atoms with Gasteiger partial charge < -0.3 is 10.1 Å². The fourth-order valence-electron chi connectivity index (χ4n) is 3.43. The van der Waals surface area contributed by atoms with Crippen molar-refractivity contribution < 1.29 is 19.1 Å². The third-order valence-corrected chi connectivity index (χ3v) is 5.51. The maximum atomic E-state index is 13.0. The summed E-state index contributed by atoms with van der Waals surface area (Å²) in [7, 11) is 0. The predicted molar refractivity (Wildman–Crippen MR) is 128 cm³/mol. The largest absolute Gasteiger partial charge is 0.423 e. The number of nitrogens with one attached hydrogen (secondary N) is 1. The lowest BCUT2D eigenvalue weighted by Crippen LogP contribution is -2.32. The number of esters is 1. The Morgan fingerprint density at radius 2 is 1.45 bits per heavy atom. The highest BCUT2D eigenvalue weighted by Crippen LogP contribution is 2.31. The number of nitrogens with zero attached hydrogens (tertiary/aromatic N) is 1. The molecule has 0 unspecified atom stereocenters. The van der Waals surface area contributed by atoms with E-state index in [9.17, 15) is 14.4 Å². The Labute approximate surface area is 200 Å². The molecule has 33 heavy (non-hydrogen) atoms. The third-order valence-electron chi connectivity index (χ3n) is 4.91. The quantitative estimate of drug-likeness (QED) is 0.291. The van der Waals surface area contributed by atoms with Gasteiger partial charge in [-0.1, -0.05) is 29.3 Å². The van der Waals surface area contributed by atoms with Crippen molar-refractivity contribution in [1.29, 1.82) is 0 Å². The average Bonchev–Trinajstić information content (AvgIpc) is 2.98. The van der Waals surface area contributed by atoms with Crippen LogP contribution in [-0.4, -0.2) is 17.8 Å². The van der Waals surface area contributed by atoms with Crippen molar-refractivity contribution in [2.75, 3.05) is 10.2 Å². The molecule has 2 amide bonds. The van der Waals surface area contributed by atoms with Crippen LogP contribution in [0.25, 0.3) is 0 Å². The molecule has 3 aromatic carbocycles. The molecule has 0 saturated heterocycles. The Balaban J connectivity index is 1.49. The number of amides is 2. The molecule has 1 aliphatic rings. The second-order valence-corrected chi connectivity index (χ2v) is 8.34. The molecule has 3 aromatic rings. The summed E-state index contributed by atoms with van der Waals surface area (Å²) in [6.45, 7) is 3.77. The summed E-state index contributed by atoms with van der Waals surface area (Å²) in [6, 6.07) is 18.1. The fraction of sp³-hybridized carbons (Fsp3) is 0.0800. The van der Waals surface area contributed by atoms with E-state index in [0.717, 1.165) is 16.0 Å². The number of anilines is 2. The number of benzene rings is 3. The minimum absolute atomic E-state index is 0.0303. The first-order valence-electron chi connectivity index (χ1n) is 9.94. The first kappa shape index (κ1) is 22.6. The predicted octanol–water partition coefficient (Wildman–Crippen LogP) is 5.61. The van der Waals surface area contributed by atoms with Gasteiger partial charge in [0, 0.05) is 10.7 Å². The van der Waals surface area contributed by atoms with Crippen LogP contribution in [0.3, 0.4) is 0 Å². The van der Waals surface area contributed by atoms with Crippen molar-refractivity contribution in [3.05, 3.63) is 99.2 Å². The molecular formula is C25H18Cl2N2O4. The molecule has 0 aliphatic carbocycles. The molecular weight excluding hydrogens is 463 g/mol. The van der Waals surface area contributed by atoms with E-state index >= 15 is 0 Å². The van der Waals surface area contributed by atoms with E-state index in [1.807, 2.05) is 19.9 Å². The number of imide groups is 1. The number of aryl methyl sites for hydroxylation is 2. The standard InChI is InChI=1S/C25H18Cl2N2O4/c1-14-11-15(2)13-19(12-14)29-23(30)21(27)22(24(29)31)28-18-7-3-16(4-8-18)25(32)33-20-9-5-17(26)6-10-20/h3-13,28H,1-2H3. The van der Waals surface area contributed by atoms with Gasteiger partial charge in [0.05, 0.1) is 11.3 Å². The molecule has 1 heterocycles. The molecule has 0 fully saturated rings. The van der Waals surface area contributed by atoms with E-state index in [4.69, 9.17) is 27.9 Å². The molecule has 1 N–H and O–H groups in total. The van der Waals surface area contributed by atoms with Gasteiger partial charge in [0.25, 0.3) is 11.8 Å². The van der Waals surface area contributed by atoms with Gasteiger partial charge in [-0.3, -0.25) is 9.59 Å². The van der Waals surface area contributed by atoms with Crippen LogP contribution in [0, 0.1) is 13.8 Å². The monoisotopic (exact) mass is 480 g/mol. The lowest BCUT2D eigenvalue weighted by Gasteiger charge is -2.16. The summed E-state index contributed by atoms with van der Waals surface area (Å²) >= 11 is 12.0. The third kappa shape index (κ3) is 4.77. The number of rotatable bonds is 5. The highest BCUT2D eigenvalue weighted by atomic mass is 35.5. The Morgan fingerprint density at radius 1 is 0.848 bits per heavy atom. The van der Waals surface area contributed by atoms with Gasteiger partial charge in [0.15, 0.2) is 0 Å². The number of ether oxygens (including phenoxy) is 1. The fourth-order valence-corrected chi connectivity index (χ4v) is 3.77. The molecule has 0 spiro atoms. The lowest BCUT2D eigenvalue weighted by molar-refractivity contribution is -0.120. The van der Waals surface area contributed by atoms with E-state index in [-0.39, 0.29) is 10.7 Å². The summed E-state index contributed by atoms with van der Waals surface area (Å²) in [5.74, 6) is -1.34. The summed E-state index contributed by atoms with van der Waals surface area (Å²) < 4.78 is 5.31. The molecule has 0 bridgehead atoms. The maximum absolute atomic E-state index is 13.0. The Kier molecular flexibility index (Phi) is 6.22. The molecule has 0 aromatic heterocycles. The zero-order valence-electron chi connectivity index (χ0n) is 17.7. The Bertz CT molecular complexity index is 1280. The maximum Gasteiger partial charge on any atom is 0.343 e. The molecule has 166 valence electrons. The van der Waals surface area contributed by atoms with Crippen LogP contribution in [0.2, 0.25) is 5.02 Å². The Hall–Kier alpha value is -3.61. The van der Waals surface area contributed by atoms with Crippen LogP contribution < -0.4 is 15.0 Å². The minimum atomic E-state index is -0.600. The molecule has 4 rings (SSSR count). The SMILES string of the molecule is Cc1cc(C)cc(N2C(=O)C(Cl)=C(Nc3ccc(C(=O)Oc4ccc(Cl)cc4)cc3)C2=O)c1.